The first kappa shape index (κ1) is 23.0. The average Bonchev–Trinajstić information content (AvgIpc) is 2.77. The summed E-state index contributed by atoms with van der Waals surface area (Å²) >= 11 is 0. The molecule has 0 aliphatic heterocycles. The molecule has 1 amide bonds. The molecule has 0 radical (unpaired) electrons. The Kier molecular flexibility index (Phi) is 7.27. The zero-order chi connectivity index (χ0) is 23.1. The van der Waals surface area contributed by atoms with Crippen LogP contribution in [0.2, 0.25) is 0 Å². The van der Waals surface area contributed by atoms with Gasteiger partial charge in [0, 0.05) is 13.0 Å². The highest BCUT2D eigenvalue weighted by molar-refractivity contribution is 7.92. The molecule has 0 fully saturated rings. The van der Waals surface area contributed by atoms with Gasteiger partial charge in [-0.3, -0.25) is 14.3 Å². The Hall–Kier alpha value is -3.65. The van der Waals surface area contributed by atoms with E-state index in [4.69, 9.17) is 5.11 Å². The van der Waals surface area contributed by atoms with Gasteiger partial charge in [-0.1, -0.05) is 54.1 Å². The first-order valence-corrected chi connectivity index (χ1v) is 11.5. The smallest absolute Gasteiger partial charge is 0.303 e. The van der Waals surface area contributed by atoms with Crippen molar-refractivity contribution in [3.63, 3.8) is 0 Å². The largest absolute Gasteiger partial charge is 0.481 e. The van der Waals surface area contributed by atoms with Crippen LogP contribution in [0.5, 0.6) is 0 Å². The lowest BCUT2D eigenvalue weighted by Gasteiger charge is -2.13. The number of sulfonamides is 1. The van der Waals surface area contributed by atoms with Crippen LogP contribution in [-0.4, -0.2) is 25.4 Å². The van der Waals surface area contributed by atoms with Crippen molar-refractivity contribution in [2.24, 2.45) is 0 Å². The third-order valence-corrected chi connectivity index (χ3v) is 6.23. The van der Waals surface area contributed by atoms with Crippen LogP contribution in [0, 0.1) is 6.92 Å². The standard InChI is InChI=1S/C24H24N2O5S/c1-17-6-8-19(9-7-17)16-25-24(29)21-4-2-3-5-22(21)26-32(30,31)20-13-10-18(11-14-20)12-15-23(27)28/h2-11,13-14,26H,12,15-16H2,1H3,(H,25,29)(H,27,28). The van der Waals surface area contributed by atoms with Gasteiger partial charge in [0.15, 0.2) is 0 Å². The van der Waals surface area contributed by atoms with E-state index in [0.717, 1.165) is 16.7 Å². The van der Waals surface area contributed by atoms with Crippen LogP contribution in [0.3, 0.4) is 0 Å². The van der Waals surface area contributed by atoms with Gasteiger partial charge in [-0.25, -0.2) is 8.42 Å². The average molecular weight is 453 g/mol. The minimum Gasteiger partial charge on any atom is -0.481 e. The van der Waals surface area contributed by atoms with Crippen LogP contribution in [0.4, 0.5) is 5.69 Å². The Bertz CT molecular complexity index is 1200. The Labute approximate surface area is 187 Å². The molecule has 0 aliphatic carbocycles. The van der Waals surface area contributed by atoms with E-state index in [1.54, 1.807) is 30.3 Å². The molecule has 3 aromatic rings. The van der Waals surface area contributed by atoms with Crippen molar-refractivity contribution in [1.82, 2.24) is 5.32 Å². The minimum absolute atomic E-state index is 0.0199. The molecule has 3 rings (SSSR count). The number of amides is 1. The molecule has 0 saturated carbocycles. The summed E-state index contributed by atoms with van der Waals surface area (Å²) in [6.07, 6.45) is 0.280. The second-order valence-electron chi connectivity index (χ2n) is 7.36. The first-order chi connectivity index (χ1) is 15.2. The van der Waals surface area contributed by atoms with Crippen LogP contribution in [0.1, 0.15) is 33.5 Å². The molecule has 0 saturated heterocycles. The number of carbonyl (C=O) groups is 2. The lowest BCUT2D eigenvalue weighted by molar-refractivity contribution is -0.136. The van der Waals surface area contributed by atoms with Gasteiger partial charge in [-0.05, 0) is 48.7 Å². The van der Waals surface area contributed by atoms with E-state index in [2.05, 4.69) is 10.0 Å². The Morgan fingerprint density at radius 3 is 2.16 bits per heavy atom. The SMILES string of the molecule is Cc1ccc(CNC(=O)c2ccccc2NS(=O)(=O)c2ccc(CCC(=O)O)cc2)cc1. The molecule has 32 heavy (non-hydrogen) atoms. The molecule has 0 heterocycles. The number of carboxylic acid groups (broad SMARTS) is 1. The zero-order valence-electron chi connectivity index (χ0n) is 17.5. The van der Waals surface area contributed by atoms with Crippen molar-refractivity contribution in [2.45, 2.75) is 31.2 Å². The van der Waals surface area contributed by atoms with Crippen LogP contribution < -0.4 is 10.0 Å². The highest BCUT2D eigenvalue weighted by Gasteiger charge is 2.18. The maximum atomic E-state index is 12.8. The summed E-state index contributed by atoms with van der Waals surface area (Å²) in [5.41, 5.74) is 3.16. The van der Waals surface area contributed by atoms with E-state index < -0.39 is 21.9 Å². The summed E-state index contributed by atoms with van der Waals surface area (Å²) in [6, 6.07) is 20.1. The number of nitrogens with one attached hydrogen (secondary N) is 2. The topological polar surface area (TPSA) is 113 Å². The monoisotopic (exact) mass is 452 g/mol. The molecule has 0 atom stereocenters. The van der Waals surface area contributed by atoms with Crippen LogP contribution >= 0.6 is 0 Å². The second-order valence-corrected chi connectivity index (χ2v) is 9.04. The van der Waals surface area contributed by atoms with E-state index in [9.17, 15) is 18.0 Å². The summed E-state index contributed by atoms with van der Waals surface area (Å²) < 4.78 is 28.1. The Morgan fingerprint density at radius 2 is 1.50 bits per heavy atom. The quantitative estimate of drug-likeness (QED) is 0.458. The van der Waals surface area contributed by atoms with Crippen LogP contribution in [0.15, 0.2) is 77.7 Å². The first-order valence-electron chi connectivity index (χ1n) is 10.0. The maximum absolute atomic E-state index is 12.8. The van der Waals surface area contributed by atoms with Gasteiger partial charge in [-0.2, -0.15) is 0 Å². The van der Waals surface area contributed by atoms with Gasteiger partial charge in [-0.15, -0.1) is 0 Å². The van der Waals surface area contributed by atoms with Crippen molar-refractivity contribution < 1.29 is 23.1 Å². The molecular formula is C24H24N2O5S. The minimum atomic E-state index is -3.94. The number of aryl methyl sites for hydroxylation is 2. The van der Waals surface area contributed by atoms with Gasteiger partial charge in [0.1, 0.15) is 0 Å². The molecule has 3 N–H and O–H groups in total. The highest BCUT2D eigenvalue weighted by atomic mass is 32.2. The van der Waals surface area contributed by atoms with Gasteiger partial charge < -0.3 is 10.4 Å². The number of rotatable bonds is 9. The summed E-state index contributed by atoms with van der Waals surface area (Å²) in [7, 11) is -3.94. The van der Waals surface area contributed by atoms with Crippen LogP contribution in [-0.2, 0) is 27.8 Å². The summed E-state index contributed by atoms with van der Waals surface area (Å²) in [6.45, 7) is 2.30. The summed E-state index contributed by atoms with van der Waals surface area (Å²) in [5, 5.41) is 11.6. The number of hydrogen-bond acceptors (Lipinski definition) is 4. The Morgan fingerprint density at radius 1 is 0.875 bits per heavy atom. The molecule has 166 valence electrons. The van der Waals surface area contributed by atoms with E-state index in [-0.39, 0.29) is 22.6 Å². The Balaban J connectivity index is 1.72. The summed E-state index contributed by atoms with van der Waals surface area (Å²) in [4.78, 5) is 23.4. The molecule has 0 aliphatic rings. The fourth-order valence-electron chi connectivity index (χ4n) is 3.04. The van der Waals surface area contributed by atoms with Crippen LogP contribution in [0.25, 0.3) is 0 Å². The predicted octanol–water partition coefficient (Wildman–Crippen LogP) is 3.74. The zero-order valence-corrected chi connectivity index (χ0v) is 18.4. The van der Waals surface area contributed by atoms with Crippen molar-refractivity contribution >= 4 is 27.6 Å². The molecule has 8 heteroatoms. The number of carbonyl (C=O) groups excluding carboxylic acids is 1. The normalized spacial score (nSPS) is 11.0. The lowest BCUT2D eigenvalue weighted by Crippen LogP contribution is -2.25. The summed E-state index contributed by atoms with van der Waals surface area (Å²) in [5.74, 6) is -1.31. The molecule has 0 aromatic heterocycles. The van der Waals surface area contributed by atoms with Gasteiger partial charge in [0.25, 0.3) is 15.9 Å². The lowest BCUT2D eigenvalue weighted by atomic mass is 10.1. The van der Waals surface area contributed by atoms with E-state index in [1.807, 2.05) is 31.2 Å². The molecular weight excluding hydrogens is 428 g/mol. The molecule has 0 unspecified atom stereocenters. The molecule has 0 spiro atoms. The number of anilines is 1. The fraction of sp³-hybridized carbons (Fsp3) is 0.167. The van der Waals surface area contributed by atoms with Gasteiger partial charge in [0.2, 0.25) is 0 Å². The maximum Gasteiger partial charge on any atom is 0.303 e. The van der Waals surface area contributed by atoms with Gasteiger partial charge >= 0.3 is 5.97 Å². The third-order valence-electron chi connectivity index (χ3n) is 4.85. The molecule has 0 bridgehead atoms. The molecule has 7 nitrogen and oxygen atoms in total. The van der Waals surface area contributed by atoms with Crippen molar-refractivity contribution in [3.05, 3.63) is 95.1 Å². The van der Waals surface area contributed by atoms with E-state index >= 15 is 0 Å². The predicted molar refractivity (Wildman–Crippen MR) is 122 cm³/mol. The number of para-hydroxylation sites is 1. The van der Waals surface area contributed by atoms with Gasteiger partial charge in [0.05, 0.1) is 16.1 Å². The van der Waals surface area contributed by atoms with E-state index in [1.165, 1.54) is 18.2 Å². The molecule has 3 aromatic carbocycles. The fourth-order valence-corrected chi connectivity index (χ4v) is 4.12. The third kappa shape index (κ3) is 6.18. The van der Waals surface area contributed by atoms with Crippen molar-refractivity contribution in [3.8, 4) is 0 Å². The number of carboxylic acids is 1. The van der Waals surface area contributed by atoms with Crippen molar-refractivity contribution in [2.75, 3.05) is 4.72 Å². The number of hydrogen-bond donors (Lipinski definition) is 3. The second kappa shape index (κ2) is 10.1. The van der Waals surface area contributed by atoms with E-state index in [0.29, 0.717) is 13.0 Å². The number of aliphatic carboxylic acids is 1. The number of benzene rings is 3. The highest BCUT2D eigenvalue weighted by Crippen LogP contribution is 2.21. The van der Waals surface area contributed by atoms with Crippen molar-refractivity contribution in [1.29, 1.82) is 0 Å².